The summed E-state index contributed by atoms with van der Waals surface area (Å²) < 4.78 is 6.99. The summed E-state index contributed by atoms with van der Waals surface area (Å²) in [6.07, 6.45) is 0.415. The van der Waals surface area contributed by atoms with Crippen molar-refractivity contribution >= 4 is 0 Å². The number of benzene rings is 3. The van der Waals surface area contributed by atoms with Crippen molar-refractivity contribution in [2.75, 3.05) is 13.2 Å². The summed E-state index contributed by atoms with van der Waals surface area (Å²) in [5.41, 5.74) is 2.57. The van der Waals surface area contributed by atoms with Gasteiger partial charge >= 0.3 is 0 Å². The summed E-state index contributed by atoms with van der Waals surface area (Å²) in [4.78, 5) is 2.38. The molecule has 0 bridgehead atoms. The van der Waals surface area contributed by atoms with E-state index in [1.807, 2.05) is 18.2 Å². The Hall–Kier alpha value is -2.46. The van der Waals surface area contributed by atoms with E-state index in [0.717, 1.165) is 23.1 Å². The maximum absolute atomic E-state index is 10.4. The Labute approximate surface area is 186 Å². The fourth-order valence-electron chi connectivity index (χ4n) is 4.86. The van der Waals surface area contributed by atoms with Crippen LogP contribution in [0.25, 0.3) is 0 Å². The van der Waals surface area contributed by atoms with E-state index in [-0.39, 0.29) is 17.7 Å². The summed E-state index contributed by atoms with van der Waals surface area (Å²) in [6, 6.07) is 31.6. The van der Waals surface area contributed by atoms with Gasteiger partial charge in [-0.05, 0) is 43.9 Å². The fraction of sp³-hybridized carbons (Fsp3) is 0.357. The van der Waals surface area contributed by atoms with E-state index in [1.165, 1.54) is 0 Å². The molecular formula is C28H33NO2. The van der Waals surface area contributed by atoms with Crippen LogP contribution in [0.2, 0.25) is 0 Å². The average Bonchev–Trinajstić information content (AvgIpc) is 3.18. The van der Waals surface area contributed by atoms with E-state index in [0.29, 0.717) is 13.2 Å². The highest BCUT2D eigenvalue weighted by Gasteiger charge is 2.42. The molecule has 0 saturated carbocycles. The van der Waals surface area contributed by atoms with Crippen LogP contribution in [0, 0.1) is 0 Å². The second-order valence-corrected chi connectivity index (χ2v) is 9.46. The van der Waals surface area contributed by atoms with Crippen molar-refractivity contribution in [2.45, 2.75) is 50.5 Å². The van der Waals surface area contributed by atoms with Crippen LogP contribution >= 0.6 is 0 Å². The predicted octanol–water partition coefficient (Wildman–Crippen LogP) is 5.23. The van der Waals surface area contributed by atoms with Gasteiger partial charge in [-0.15, -0.1) is 0 Å². The first kappa shape index (κ1) is 21.8. The summed E-state index contributed by atoms with van der Waals surface area (Å²) in [6.45, 7) is 7.84. The third kappa shape index (κ3) is 4.45. The number of ether oxygens (including phenoxy) is 1. The molecular weight excluding hydrogens is 382 g/mol. The lowest BCUT2D eigenvalue weighted by Gasteiger charge is -2.40. The number of aliphatic hydroxyl groups excluding tert-OH is 1. The van der Waals surface area contributed by atoms with Crippen molar-refractivity contribution < 1.29 is 9.84 Å². The maximum atomic E-state index is 10.4. The molecule has 0 unspecified atom stereocenters. The Kier molecular flexibility index (Phi) is 6.29. The zero-order chi connectivity index (χ0) is 21.9. The molecule has 0 radical (unpaired) electrons. The minimum absolute atomic E-state index is 0.0274. The third-order valence-corrected chi connectivity index (χ3v) is 6.29. The lowest BCUT2D eigenvalue weighted by molar-refractivity contribution is -0.0299. The van der Waals surface area contributed by atoms with Gasteiger partial charge in [0.2, 0.25) is 0 Å². The molecule has 1 aliphatic rings. The van der Waals surface area contributed by atoms with E-state index < -0.39 is 5.60 Å². The summed E-state index contributed by atoms with van der Waals surface area (Å²) in [5.74, 6) is 0. The molecule has 1 N–H and O–H groups in total. The molecule has 0 amide bonds. The standard InChI is InChI=1S/C28H33NO2/c1-27(2,3)29-20-26(30)19-25(29)21-31-28(22-13-7-4-8-14-22,23-15-9-5-10-16-23)24-17-11-6-12-18-24/h4-18,25-26,30H,19-21H2,1-3H3/t25-,26-/m0/s1. The number of hydrogen-bond acceptors (Lipinski definition) is 3. The minimum atomic E-state index is -0.721. The fourth-order valence-corrected chi connectivity index (χ4v) is 4.86. The molecule has 3 heteroatoms. The second kappa shape index (κ2) is 8.96. The largest absolute Gasteiger partial charge is 0.392 e. The molecule has 2 atom stereocenters. The van der Waals surface area contributed by atoms with Gasteiger partial charge in [0.15, 0.2) is 0 Å². The molecule has 1 fully saturated rings. The van der Waals surface area contributed by atoms with Crippen LogP contribution < -0.4 is 0 Å². The summed E-state index contributed by atoms with van der Waals surface area (Å²) in [7, 11) is 0. The normalized spacial score (nSPS) is 20.1. The van der Waals surface area contributed by atoms with Gasteiger partial charge in [-0.1, -0.05) is 91.0 Å². The molecule has 3 nitrogen and oxygen atoms in total. The first-order valence-electron chi connectivity index (χ1n) is 11.2. The molecule has 4 rings (SSSR count). The summed E-state index contributed by atoms with van der Waals surface area (Å²) in [5, 5.41) is 10.4. The molecule has 0 aliphatic carbocycles. The van der Waals surface area contributed by atoms with E-state index in [4.69, 9.17) is 4.74 Å². The van der Waals surface area contributed by atoms with E-state index in [9.17, 15) is 5.11 Å². The highest BCUT2D eigenvalue weighted by Crippen LogP contribution is 2.41. The van der Waals surface area contributed by atoms with Crippen molar-refractivity contribution in [2.24, 2.45) is 0 Å². The summed E-state index contributed by atoms with van der Waals surface area (Å²) >= 11 is 0. The van der Waals surface area contributed by atoms with Crippen molar-refractivity contribution in [1.82, 2.24) is 4.90 Å². The first-order chi connectivity index (χ1) is 14.9. The SMILES string of the molecule is CC(C)(C)N1C[C@@H](O)C[C@H]1COC(c1ccccc1)(c1ccccc1)c1ccccc1. The lowest BCUT2D eigenvalue weighted by atomic mass is 9.80. The Morgan fingerprint density at radius 1 is 0.774 bits per heavy atom. The second-order valence-electron chi connectivity index (χ2n) is 9.46. The molecule has 1 aliphatic heterocycles. The smallest absolute Gasteiger partial charge is 0.143 e. The van der Waals surface area contributed by atoms with Crippen molar-refractivity contribution in [3.63, 3.8) is 0 Å². The van der Waals surface area contributed by atoms with Gasteiger partial charge in [0.05, 0.1) is 12.7 Å². The van der Waals surface area contributed by atoms with Crippen LogP contribution in [0.15, 0.2) is 91.0 Å². The number of β-amino-alcohol motifs (C(OH)–C–C–N with tert-alkyl or cyclic N) is 1. The first-order valence-corrected chi connectivity index (χ1v) is 11.2. The minimum Gasteiger partial charge on any atom is -0.392 e. The van der Waals surface area contributed by atoms with Gasteiger partial charge in [-0.2, -0.15) is 0 Å². The van der Waals surface area contributed by atoms with Crippen LogP contribution in [0.4, 0.5) is 0 Å². The van der Waals surface area contributed by atoms with Gasteiger partial charge in [-0.3, -0.25) is 4.90 Å². The highest BCUT2D eigenvalue weighted by molar-refractivity contribution is 5.47. The van der Waals surface area contributed by atoms with Crippen LogP contribution in [0.5, 0.6) is 0 Å². The van der Waals surface area contributed by atoms with Crippen molar-refractivity contribution in [3.05, 3.63) is 108 Å². The number of rotatable bonds is 6. The number of hydrogen-bond donors (Lipinski definition) is 1. The van der Waals surface area contributed by atoms with Crippen molar-refractivity contribution in [3.8, 4) is 0 Å². The number of aliphatic hydroxyl groups is 1. The Morgan fingerprint density at radius 2 is 1.19 bits per heavy atom. The zero-order valence-corrected chi connectivity index (χ0v) is 18.7. The molecule has 31 heavy (non-hydrogen) atoms. The zero-order valence-electron chi connectivity index (χ0n) is 18.7. The number of nitrogens with zero attached hydrogens (tertiary/aromatic N) is 1. The van der Waals surface area contributed by atoms with E-state index in [1.54, 1.807) is 0 Å². The molecule has 1 saturated heterocycles. The van der Waals surface area contributed by atoms with Crippen LogP contribution in [0.1, 0.15) is 43.9 Å². The average molecular weight is 416 g/mol. The van der Waals surface area contributed by atoms with Gasteiger partial charge in [0.25, 0.3) is 0 Å². The van der Waals surface area contributed by atoms with Gasteiger partial charge in [0, 0.05) is 18.1 Å². The van der Waals surface area contributed by atoms with Gasteiger partial charge in [0.1, 0.15) is 5.60 Å². The molecule has 0 aromatic heterocycles. The Bertz CT molecular complexity index is 854. The van der Waals surface area contributed by atoms with Gasteiger partial charge in [-0.25, -0.2) is 0 Å². The number of likely N-dealkylation sites (tertiary alicyclic amines) is 1. The maximum Gasteiger partial charge on any atom is 0.143 e. The van der Waals surface area contributed by atoms with E-state index in [2.05, 4.69) is 98.5 Å². The van der Waals surface area contributed by atoms with Crippen LogP contribution in [-0.2, 0) is 10.3 Å². The molecule has 3 aromatic carbocycles. The lowest BCUT2D eigenvalue weighted by Crippen LogP contribution is -2.48. The molecule has 162 valence electrons. The van der Waals surface area contributed by atoms with E-state index >= 15 is 0 Å². The van der Waals surface area contributed by atoms with Crippen LogP contribution in [-0.4, -0.2) is 40.8 Å². The Morgan fingerprint density at radius 3 is 1.58 bits per heavy atom. The van der Waals surface area contributed by atoms with Crippen molar-refractivity contribution in [1.29, 1.82) is 0 Å². The molecule has 3 aromatic rings. The predicted molar refractivity (Wildman–Crippen MR) is 126 cm³/mol. The van der Waals surface area contributed by atoms with Gasteiger partial charge < -0.3 is 9.84 Å². The third-order valence-electron chi connectivity index (χ3n) is 6.29. The Balaban J connectivity index is 1.79. The topological polar surface area (TPSA) is 32.7 Å². The quantitative estimate of drug-likeness (QED) is 0.560. The van der Waals surface area contributed by atoms with Crippen LogP contribution in [0.3, 0.4) is 0 Å². The molecule has 1 heterocycles. The highest BCUT2D eigenvalue weighted by atomic mass is 16.5. The molecule has 0 spiro atoms. The monoisotopic (exact) mass is 415 g/mol.